The Bertz CT molecular complexity index is 764. The summed E-state index contributed by atoms with van der Waals surface area (Å²) in [5.74, 6) is 1.20. The van der Waals surface area contributed by atoms with Crippen molar-refractivity contribution < 1.29 is 23.3 Å². The van der Waals surface area contributed by atoms with Gasteiger partial charge in [-0.3, -0.25) is 10.1 Å². The Morgan fingerprint density at radius 2 is 2.04 bits per heavy atom. The van der Waals surface area contributed by atoms with Crippen molar-refractivity contribution in [3.05, 3.63) is 24.3 Å². The van der Waals surface area contributed by atoms with Crippen LogP contribution in [0.4, 0.5) is 4.79 Å². The van der Waals surface area contributed by atoms with Gasteiger partial charge in [-0.2, -0.15) is 0 Å². The number of nitrogens with zero attached hydrogens (tertiary/aromatic N) is 2. The standard InChI is InChI=1S/C19H25N3O5S/c23-18-12-21(19(24)20-18)7-2-8-26-16-10-22(11-16)28(25)17-4-1-3-15(9-17)27-13-14-5-6-14/h1,3-4,9,14,16H,2,5-8,10-13H2,(H,20,23,24). The van der Waals surface area contributed by atoms with Crippen LogP contribution in [0.3, 0.4) is 0 Å². The molecule has 1 aromatic rings. The molecule has 2 saturated heterocycles. The van der Waals surface area contributed by atoms with Gasteiger partial charge in [0.25, 0.3) is 0 Å². The summed E-state index contributed by atoms with van der Waals surface area (Å²) in [6, 6.07) is 7.16. The maximum Gasteiger partial charge on any atom is 0.324 e. The molecule has 0 spiro atoms. The second kappa shape index (κ2) is 8.59. The molecular weight excluding hydrogens is 382 g/mol. The molecule has 1 saturated carbocycles. The van der Waals surface area contributed by atoms with Crippen LogP contribution in [-0.2, 0) is 20.5 Å². The van der Waals surface area contributed by atoms with Crippen LogP contribution >= 0.6 is 0 Å². The van der Waals surface area contributed by atoms with Crippen molar-refractivity contribution >= 4 is 22.9 Å². The fourth-order valence-corrected chi connectivity index (χ4v) is 4.44. The predicted molar refractivity (Wildman–Crippen MR) is 102 cm³/mol. The number of nitrogens with one attached hydrogen (secondary N) is 1. The maximum absolute atomic E-state index is 12.7. The Hall–Kier alpha value is -1.97. The molecule has 1 N–H and O–H groups in total. The molecule has 3 aliphatic rings. The highest BCUT2D eigenvalue weighted by Crippen LogP contribution is 2.30. The number of amides is 3. The van der Waals surface area contributed by atoms with E-state index in [4.69, 9.17) is 9.47 Å². The number of rotatable bonds is 10. The Labute approximate surface area is 166 Å². The number of urea groups is 1. The zero-order chi connectivity index (χ0) is 19.5. The highest BCUT2D eigenvalue weighted by atomic mass is 32.2. The molecule has 3 fully saturated rings. The first-order chi connectivity index (χ1) is 13.6. The minimum absolute atomic E-state index is 0.0484. The molecule has 152 valence electrons. The molecule has 2 heterocycles. The van der Waals surface area contributed by atoms with Gasteiger partial charge in [-0.1, -0.05) is 6.07 Å². The van der Waals surface area contributed by atoms with E-state index in [1.165, 1.54) is 17.7 Å². The molecule has 1 atom stereocenters. The third-order valence-corrected chi connectivity index (χ3v) is 6.46. The molecule has 1 unspecified atom stereocenters. The van der Waals surface area contributed by atoms with Crippen LogP contribution in [0.15, 0.2) is 29.2 Å². The molecule has 1 aliphatic carbocycles. The lowest BCUT2D eigenvalue weighted by atomic mass is 10.2. The van der Waals surface area contributed by atoms with Crippen molar-refractivity contribution in [1.29, 1.82) is 0 Å². The van der Waals surface area contributed by atoms with Crippen LogP contribution in [-0.4, -0.2) is 70.8 Å². The van der Waals surface area contributed by atoms with Gasteiger partial charge in [-0.05, 0) is 43.4 Å². The molecule has 0 radical (unpaired) electrons. The van der Waals surface area contributed by atoms with E-state index < -0.39 is 11.0 Å². The topological polar surface area (TPSA) is 88.2 Å². The summed E-state index contributed by atoms with van der Waals surface area (Å²) in [6.45, 7) is 3.09. The monoisotopic (exact) mass is 407 g/mol. The van der Waals surface area contributed by atoms with Crippen molar-refractivity contribution in [3.63, 3.8) is 0 Å². The summed E-state index contributed by atoms with van der Waals surface area (Å²) >= 11 is 0. The van der Waals surface area contributed by atoms with E-state index in [1.54, 1.807) is 0 Å². The summed E-state index contributed by atoms with van der Waals surface area (Å²) in [4.78, 5) is 24.8. The summed E-state index contributed by atoms with van der Waals surface area (Å²) < 4.78 is 26.1. The normalized spacial score (nSPS) is 21.5. The van der Waals surface area contributed by atoms with E-state index in [1.807, 2.05) is 28.6 Å². The van der Waals surface area contributed by atoms with Crippen LogP contribution in [0.1, 0.15) is 19.3 Å². The van der Waals surface area contributed by atoms with E-state index in [-0.39, 0.29) is 24.6 Å². The smallest absolute Gasteiger partial charge is 0.324 e. The molecule has 8 nitrogen and oxygen atoms in total. The molecule has 4 rings (SSSR count). The highest BCUT2D eigenvalue weighted by molar-refractivity contribution is 7.82. The fourth-order valence-electron chi connectivity index (χ4n) is 3.13. The van der Waals surface area contributed by atoms with Gasteiger partial charge in [-0.15, -0.1) is 0 Å². The quantitative estimate of drug-likeness (QED) is 0.464. The third-order valence-electron chi connectivity index (χ3n) is 5.03. The van der Waals surface area contributed by atoms with Gasteiger partial charge >= 0.3 is 6.03 Å². The number of ether oxygens (including phenoxy) is 2. The van der Waals surface area contributed by atoms with Crippen molar-refractivity contribution in [2.75, 3.05) is 39.4 Å². The molecule has 1 aromatic carbocycles. The Balaban J connectivity index is 1.14. The second-order valence-electron chi connectivity index (χ2n) is 7.45. The molecule has 9 heteroatoms. The van der Waals surface area contributed by atoms with Crippen molar-refractivity contribution in [2.24, 2.45) is 5.92 Å². The summed E-state index contributed by atoms with van der Waals surface area (Å²) in [5.41, 5.74) is 0. The third kappa shape index (κ3) is 4.89. The molecular formula is C19H25N3O5S. The number of carbonyl (C=O) groups excluding carboxylic acids is 2. The van der Waals surface area contributed by atoms with E-state index in [2.05, 4.69) is 5.32 Å². The summed E-state index contributed by atoms with van der Waals surface area (Å²) in [7, 11) is -1.21. The van der Waals surface area contributed by atoms with Crippen molar-refractivity contribution in [3.8, 4) is 5.75 Å². The second-order valence-corrected chi connectivity index (χ2v) is 8.93. The Kier molecular flexibility index (Phi) is 5.93. The molecule has 0 bridgehead atoms. The molecule has 2 aliphatic heterocycles. The Morgan fingerprint density at radius 3 is 2.75 bits per heavy atom. The highest BCUT2D eigenvalue weighted by Gasteiger charge is 2.32. The first kappa shape index (κ1) is 19.4. The van der Waals surface area contributed by atoms with Gasteiger partial charge in [0, 0.05) is 26.2 Å². The molecule has 3 amide bonds. The average molecular weight is 407 g/mol. The summed E-state index contributed by atoms with van der Waals surface area (Å²) in [6.07, 6.45) is 3.20. The van der Waals surface area contributed by atoms with Gasteiger partial charge in [0.2, 0.25) is 5.91 Å². The van der Waals surface area contributed by atoms with Crippen molar-refractivity contribution in [1.82, 2.24) is 14.5 Å². The number of hydrogen-bond acceptors (Lipinski definition) is 5. The number of imide groups is 1. The first-order valence-electron chi connectivity index (χ1n) is 9.68. The van der Waals surface area contributed by atoms with Gasteiger partial charge in [0.1, 0.15) is 23.3 Å². The van der Waals surface area contributed by atoms with Gasteiger partial charge in [-0.25, -0.2) is 13.3 Å². The SMILES string of the molecule is O=C1CN(CCCOC2CN(S(=O)c3cccc(OCC4CC4)c3)C2)C(=O)N1. The van der Waals surface area contributed by atoms with Gasteiger partial charge in [0.15, 0.2) is 0 Å². The fraction of sp³-hybridized carbons (Fsp3) is 0.579. The average Bonchev–Trinajstić information content (AvgIpc) is 3.42. The minimum atomic E-state index is -1.21. The van der Waals surface area contributed by atoms with Crippen LogP contribution in [0, 0.1) is 5.92 Å². The first-order valence-corrected chi connectivity index (χ1v) is 10.8. The van der Waals surface area contributed by atoms with E-state index in [9.17, 15) is 13.8 Å². The summed E-state index contributed by atoms with van der Waals surface area (Å²) in [5, 5.41) is 2.25. The lowest BCUT2D eigenvalue weighted by molar-refractivity contribution is -0.118. The van der Waals surface area contributed by atoms with Gasteiger partial charge in [0.05, 0.1) is 17.6 Å². The van der Waals surface area contributed by atoms with E-state index in [0.29, 0.717) is 38.6 Å². The molecule has 28 heavy (non-hydrogen) atoms. The molecule has 0 aromatic heterocycles. The van der Waals surface area contributed by atoms with Crippen LogP contribution in [0.2, 0.25) is 0 Å². The lowest BCUT2D eigenvalue weighted by Crippen LogP contribution is -2.52. The van der Waals surface area contributed by atoms with E-state index in [0.717, 1.165) is 17.3 Å². The largest absolute Gasteiger partial charge is 0.493 e. The zero-order valence-electron chi connectivity index (χ0n) is 15.7. The zero-order valence-corrected chi connectivity index (χ0v) is 16.5. The number of carbonyl (C=O) groups is 2. The van der Waals surface area contributed by atoms with Crippen molar-refractivity contribution in [2.45, 2.75) is 30.3 Å². The van der Waals surface area contributed by atoms with Crippen LogP contribution in [0.25, 0.3) is 0 Å². The van der Waals surface area contributed by atoms with Crippen LogP contribution < -0.4 is 10.1 Å². The maximum atomic E-state index is 12.7. The number of hydrogen-bond donors (Lipinski definition) is 1. The Morgan fingerprint density at radius 1 is 1.21 bits per heavy atom. The minimum Gasteiger partial charge on any atom is -0.493 e. The lowest BCUT2D eigenvalue weighted by Gasteiger charge is -2.37. The van der Waals surface area contributed by atoms with Gasteiger partial charge < -0.3 is 14.4 Å². The van der Waals surface area contributed by atoms with E-state index >= 15 is 0 Å². The predicted octanol–water partition coefficient (Wildman–Crippen LogP) is 1.14. The van der Waals surface area contributed by atoms with Crippen LogP contribution in [0.5, 0.6) is 5.75 Å². The number of benzene rings is 1.